The van der Waals surface area contributed by atoms with E-state index < -0.39 is 10.0 Å². The van der Waals surface area contributed by atoms with Crippen molar-refractivity contribution in [3.8, 4) is 0 Å². The second kappa shape index (κ2) is 5.59. The monoisotopic (exact) mass is 244 g/mol. The molecule has 1 aliphatic rings. The average molecular weight is 244 g/mol. The third-order valence-corrected chi connectivity index (χ3v) is 4.80. The Bertz CT molecular complexity index is 386. The zero-order valence-corrected chi connectivity index (χ0v) is 11.0. The summed E-state index contributed by atoms with van der Waals surface area (Å²) < 4.78 is 24.9. The van der Waals surface area contributed by atoms with Crippen LogP contribution in [0.3, 0.4) is 0 Å². The number of hydrogen-bond donors (Lipinski definition) is 0. The van der Waals surface area contributed by atoms with E-state index >= 15 is 0 Å². The van der Waals surface area contributed by atoms with Crippen molar-refractivity contribution >= 4 is 16.2 Å². The maximum Gasteiger partial charge on any atom is 0.213 e. The highest BCUT2D eigenvalue weighted by Crippen LogP contribution is 2.22. The summed E-state index contributed by atoms with van der Waals surface area (Å²) in [6.07, 6.45) is 3.39. The van der Waals surface area contributed by atoms with Gasteiger partial charge in [0, 0.05) is 25.0 Å². The molecule has 1 fully saturated rings. The second-order valence-electron chi connectivity index (χ2n) is 3.88. The molecule has 1 rings (SSSR count). The van der Waals surface area contributed by atoms with E-state index in [1.807, 2.05) is 13.8 Å². The van der Waals surface area contributed by atoms with Gasteiger partial charge in [-0.2, -0.15) is 0 Å². The lowest BCUT2D eigenvalue weighted by molar-refractivity contribution is 0.386. The molecule has 1 heterocycles. The van der Waals surface area contributed by atoms with Crippen molar-refractivity contribution in [1.29, 1.82) is 0 Å². The summed E-state index contributed by atoms with van der Waals surface area (Å²) in [5.74, 6) is 0.193. The van der Waals surface area contributed by atoms with Gasteiger partial charge in [-0.3, -0.25) is 4.99 Å². The van der Waals surface area contributed by atoms with Crippen LogP contribution in [0.4, 0.5) is 0 Å². The third-order valence-electron chi connectivity index (χ3n) is 2.92. The first-order chi connectivity index (χ1) is 7.51. The smallest absolute Gasteiger partial charge is 0.213 e. The molecule has 0 aromatic heterocycles. The van der Waals surface area contributed by atoms with E-state index in [1.54, 1.807) is 17.4 Å². The Balaban J connectivity index is 2.69. The number of rotatable bonds is 3. The van der Waals surface area contributed by atoms with Gasteiger partial charge < -0.3 is 0 Å². The van der Waals surface area contributed by atoms with E-state index in [9.17, 15) is 8.42 Å². The molecule has 5 heteroatoms. The molecular weight excluding hydrogens is 224 g/mol. The van der Waals surface area contributed by atoms with Crippen molar-refractivity contribution in [3.63, 3.8) is 0 Å². The second-order valence-corrected chi connectivity index (χ2v) is 6.13. The summed E-state index contributed by atoms with van der Waals surface area (Å²) in [7, 11) is -3.01. The first kappa shape index (κ1) is 13.4. The van der Waals surface area contributed by atoms with E-state index in [4.69, 9.17) is 0 Å². The van der Waals surface area contributed by atoms with Crippen LogP contribution in [-0.2, 0) is 10.0 Å². The molecular formula is C11H20N2O2S. The fraction of sp³-hybridized carbons (Fsp3) is 0.727. The highest BCUT2D eigenvalue weighted by Gasteiger charge is 2.24. The fourth-order valence-electron chi connectivity index (χ4n) is 1.86. The quantitative estimate of drug-likeness (QED) is 0.711. The largest absolute Gasteiger partial charge is 0.266 e. The van der Waals surface area contributed by atoms with E-state index in [2.05, 4.69) is 4.99 Å². The molecule has 0 N–H and O–H groups in total. The summed E-state index contributed by atoms with van der Waals surface area (Å²) in [5.41, 5.74) is 2.32. The SMILES string of the molecule is CC=NC(C)=C1CCN(S(=O)(=O)CC)CC1. The van der Waals surface area contributed by atoms with E-state index in [0.29, 0.717) is 13.1 Å². The van der Waals surface area contributed by atoms with Gasteiger partial charge in [0.1, 0.15) is 0 Å². The zero-order valence-electron chi connectivity index (χ0n) is 10.2. The van der Waals surface area contributed by atoms with Crippen molar-refractivity contribution in [2.75, 3.05) is 18.8 Å². The Kier molecular flexibility index (Phi) is 4.68. The number of aliphatic imine (C=N–C) groups is 1. The molecule has 16 heavy (non-hydrogen) atoms. The van der Waals surface area contributed by atoms with Gasteiger partial charge in [0.25, 0.3) is 0 Å². The maximum absolute atomic E-state index is 11.6. The van der Waals surface area contributed by atoms with Gasteiger partial charge in [-0.25, -0.2) is 12.7 Å². The number of piperidine rings is 1. The Morgan fingerprint density at radius 3 is 2.44 bits per heavy atom. The molecule has 0 unspecified atom stereocenters. The minimum Gasteiger partial charge on any atom is -0.266 e. The average Bonchev–Trinajstić information content (AvgIpc) is 2.29. The van der Waals surface area contributed by atoms with Gasteiger partial charge >= 0.3 is 0 Å². The molecule has 0 aliphatic carbocycles. The lowest BCUT2D eigenvalue weighted by Gasteiger charge is -2.27. The van der Waals surface area contributed by atoms with Crippen molar-refractivity contribution in [3.05, 3.63) is 11.3 Å². The molecule has 1 saturated heterocycles. The Morgan fingerprint density at radius 2 is 2.00 bits per heavy atom. The lowest BCUT2D eigenvalue weighted by atomic mass is 10.0. The minimum atomic E-state index is -3.01. The normalized spacial score (nSPS) is 19.3. The number of hydrogen-bond acceptors (Lipinski definition) is 3. The Hall–Kier alpha value is -0.680. The van der Waals surface area contributed by atoms with Crippen LogP contribution in [0.25, 0.3) is 0 Å². The van der Waals surface area contributed by atoms with Crippen molar-refractivity contribution in [2.45, 2.75) is 33.6 Å². The predicted molar refractivity (Wildman–Crippen MR) is 67.1 cm³/mol. The van der Waals surface area contributed by atoms with Gasteiger partial charge in [0.15, 0.2) is 0 Å². The molecule has 0 radical (unpaired) electrons. The van der Waals surface area contributed by atoms with Crippen molar-refractivity contribution in [2.24, 2.45) is 4.99 Å². The van der Waals surface area contributed by atoms with E-state index in [-0.39, 0.29) is 5.75 Å². The van der Waals surface area contributed by atoms with E-state index in [0.717, 1.165) is 18.5 Å². The third kappa shape index (κ3) is 3.15. The molecule has 4 nitrogen and oxygen atoms in total. The van der Waals surface area contributed by atoms with Crippen LogP contribution in [0.2, 0.25) is 0 Å². The van der Waals surface area contributed by atoms with Crippen LogP contribution in [0.15, 0.2) is 16.3 Å². The molecule has 0 aromatic carbocycles. The van der Waals surface area contributed by atoms with Gasteiger partial charge in [-0.1, -0.05) is 0 Å². The molecule has 0 spiro atoms. The summed E-state index contributed by atoms with van der Waals surface area (Å²) in [6, 6.07) is 0. The van der Waals surface area contributed by atoms with Crippen molar-refractivity contribution in [1.82, 2.24) is 4.31 Å². The zero-order chi connectivity index (χ0) is 12.2. The van der Waals surface area contributed by atoms with Crippen LogP contribution in [0.1, 0.15) is 33.6 Å². The van der Waals surface area contributed by atoms with Crippen LogP contribution in [0, 0.1) is 0 Å². The standard InChI is InChI=1S/C11H20N2O2S/c1-4-12-10(3)11-6-8-13(9-7-11)16(14,15)5-2/h4H,5-9H2,1-3H3. The topological polar surface area (TPSA) is 49.7 Å². The molecule has 0 saturated carbocycles. The van der Waals surface area contributed by atoms with Gasteiger partial charge in [-0.05, 0) is 39.2 Å². The molecule has 1 aliphatic heterocycles. The molecule has 92 valence electrons. The lowest BCUT2D eigenvalue weighted by Crippen LogP contribution is -2.37. The summed E-state index contributed by atoms with van der Waals surface area (Å²) >= 11 is 0. The van der Waals surface area contributed by atoms with Gasteiger partial charge in [0.2, 0.25) is 10.0 Å². The summed E-state index contributed by atoms with van der Waals surface area (Å²) in [5, 5.41) is 0. The van der Waals surface area contributed by atoms with Crippen LogP contribution in [0.5, 0.6) is 0 Å². The Labute approximate surface area is 98.1 Å². The van der Waals surface area contributed by atoms with Gasteiger partial charge in [-0.15, -0.1) is 0 Å². The van der Waals surface area contributed by atoms with Crippen molar-refractivity contribution < 1.29 is 8.42 Å². The Morgan fingerprint density at radius 1 is 1.44 bits per heavy atom. The predicted octanol–water partition coefficient (Wildman–Crippen LogP) is 1.80. The molecule has 0 aromatic rings. The van der Waals surface area contributed by atoms with Gasteiger partial charge in [0.05, 0.1) is 5.75 Å². The summed E-state index contributed by atoms with van der Waals surface area (Å²) in [4.78, 5) is 4.24. The fourth-order valence-corrected chi connectivity index (χ4v) is 2.97. The number of sulfonamides is 1. The first-order valence-electron chi connectivity index (χ1n) is 5.66. The summed E-state index contributed by atoms with van der Waals surface area (Å²) in [6.45, 7) is 6.76. The van der Waals surface area contributed by atoms with Crippen LogP contribution in [-0.4, -0.2) is 37.8 Å². The number of allylic oxidation sites excluding steroid dienone is 1. The minimum absolute atomic E-state index is 0.193. The number of nitrogens with zero attached hydrogens (tertiary/aromatic N) is 2. The van der Waals surface area contributed by atoms with Crippen LogP contribution >= 0.6 is 0 Å². The molecule has 0 atom stereocenters. The van der Waals surface area contributed by atoms with Crippen LogP contribution < -0.4 is 0 Å². The molecule has 0 bridgehead atoms. The highest BCUT2D eigenvalue weighted by atomic mass is 32.2. The van der Waals surface area contributed by atoms with E-state index in [1.165, 1.54) is 5.57 Å². The highest BCUT2D eigenvalue weighted by molar-refractivity contribution is 7.89. The first-order valence-corrected chi connectivity index (χ1v) is 7.27. The molecule has 0 amide bonds. The maximum atomic E-state index is 11.6.